The lowest BCUT2D eigenvalue weighted by molar-refractivity contribution is 0.0543. The van der Waals surface area contributed by atoms with E-state index >= 15 is 0 Å². The van der Waals surface area contributed by atoms with Crippen LogP contribution in [0.5, 0.6) is 0 Å². The summed E-state index contributed by atoms with van der Waals surface area (Å²) in [6.45, 7) is 7.81. The molecule has 1 unspecified atom stereocenters. The monoisotopic (exact) mass is 356 g/mol. The van der Waals surface area contributed by atoms with Crippen LogP contribution in [0.3, 0.4) is 0 Å². The first kappa shape index (κ1) is 17.3. The fourth-order valence-corrected chi connectivity index (χ4v) is 4.62. The Bertz CT molecular complexity index is 843. The van der Waals surface area contributed by atoms with Gasteiger partial charge >= 0.3 is 0 Å². The van der Waals surface area contributed by atoms with E-state index in [4.69, 9.17) is 0 Å². The molecule has 7 nitrogen and oxygen atoms in total. The first-order chi connectivity index (χ1) is 12.4. The van der Waals surface area contributed by atoms with E-state index in [0.29, 0.717) is 5.69 Å². The van der Waals surface area contributed by atoms with Gasteiger partial charge in [-0.15, -0.1) is 0 Å². The molecule has 1 atom stereocenters. The molecule has 0 saturated carbocycles. The summed E-state index contributed by atoms with van der Waals surface area (Å²) in [5.74, 6) is 0.0939. The summed E-state index contributed by atoms with van der Waals surface area (Å²) >= 11 is 0. The van der Waals surface area contributed by atoms with Crippen LogP contribution in [-0.2, 0) is 14.1 Å². The zero-order valence-electron chi connectivity index (χ0n) is 16.2. The summed E-state index contributed by atoms with van der Waals surface area (Å²) in [6.07, 6.45) is 3.47. The van der Waals surface area contributed by atoms with Crippen LogP contribution in [0.25, 0.3) is 11.3 Å². The first-order valence-electron chi connectivity index (χ1n) is 9.45. The second-order valence-electron chi connectivity index (χ2n) is 7.96. The van der Waals surface area contributed by atoms with Crippen molar-refractivity contribution in [3.05, 3.63) is 23.1 Å². The van der Waals surface area contributed by atoms with Crippen LogP contribution in [0.1, 0.15) is 41.1 Å². The smallest absolute Gasteiger partial charge is 0.272 e. The normalized spacial score (nSPS) is 23.2. The summed E-state index contributed by atoms with van der Waals surface area (Å²) in [5, 5.41) is 12.6. The molecule has 140 valence electrons. The molecular weight excluding hydrogens is 328 g/mol. The minimum atomic E-state index is 0.0939. The first-order valence-corrected chi connectivity index (χ1v) is 9.45. The molecule has 0 aromatic carbocycles. The van der Waals surface area contributed by atoms with E-state index in [1.54, 1.807) is 4.68 Å². The molecular formula is C19H28N6O. The number of hydrogen-bond acceptors (Lipinski definition) is 4. The summed E-state index contributed by atoms with van der Waals surface area (Å²) in [6, 6.07) is 1.92. The quantitative estimate of drug-likeness (QED) is 0.888. The highest BCUT2D eigenvalue weighted by molar-refractivity contribution is 5.94. The molecule has 1 spiro atoms. The third-order valence-corrected chi connectivity index (χ3v) is 6.14. The van der Waals surface area contributed by atoms with Crippen molar-refractivity contribution in [1.29, 1.82) is 0 Å². The number of nitrogens with one attached hydrogen (secondary N) is 1. The molecule has 0 bridgehead atoms. The van der Waals surface area contributed by atoms with E-state index in [1.165, 1.54) is 12.8 Å². The van der Waals surface area contributed by atoms with Crippen molar-refractivity contribution in [1.82, 2.24) is 29.8 Å². The van der Waals surface area contributed by atoms with Crippen LogP contribution in [-0.4, -0.2) is 56.5 Å². The van der Waals surface area contributed by atoms with Gasteiger partial charge in [-0.2, -0.15) is 10.2 Å². The largest absolute Gasteiger partial charge is 0.337 e. The Hall–Kier alpha value is -2.15. The van der Waals surface area contributed by atoms with Crippen molar-refractivity contribution in [2.75, 3.05) is 26.2 Å². The van der Waals surface area contributed by atoms with Crippen molar-refractivity contribution in [3.8, 4) is 11.3 Å². The molecule has 7 heteroatoms. The highest BCUT2D eigenvalue weighted by Crippen LogP contribution is 2.36. The van der Waals surface area contributed by atoms with Gasteiger partial charge in [0.05, 0.1) is 11.4 Å². The lowest BCUT2D eigenvalue weighted by Crippen LogP contribution is -2.47. The van der Waals surface area contributed by atoms with Gasteiger partial charge in [0.2, 0.25) is 0 Å². The summed E-state index contributed by atoms with van der Waals surface area (Å²) in [5.41, 5.74) is 4.78. The Morgan fingerprint density at radius 2 is 2.00 bits per heavy atom. The minimum absolute atomic E-state index is 0.0939. The number of aryl methyl sites for hydroxylation is 3. The third-order valence-electron chi connectivity index (χ3n) is 6.14. The summed E-state index contributed by atoms with van der Waals surface area (Å²) < 4.78 is 3.58. The Morgan fingerprint density at radius 3 is 2.65 bits per heavy atom. The van der Waals surface area contributed by atoms with Crippen LogP contribution in [0.15, 0.2) is 6.07 Å². The van der Waals surface area contributed by atoms with E-state index in [0.717, 1.165) is 55.2 Å². The molecule has 0 aliphatic carbocycles. The molecule has 2 aromatic heterocycles. The third kappa shape index (κ3) is 2.74. The molecule has 1 N–H and O–H groups in total. The molecule has 1 amide bonds. The number of hydrogen-bond donors (Lipinski definition) is 1. The number of piperidine rings is 1. The zero-order valence-corrected chi connectivity index (χ0v) is 16.2. The molecule has 2 saturated heterocycles. The van der Waals surface area contributed by atoms with Crippen molar-refractivity contribution in [3.63, 3.8) is 0 Å². The molecule has 0 radical (unpaired) electrons. The Morgan fingerprint density at radius 1 is 1.19 bits per heavy atom. The van der Waals surface area contributed by atoms with Crippen molar-refractivity contribution in [2.24, 2.45) is 19.5 Å². The van der Waals surface area contributed by atoms with Gasteiger partial charge in [0.25, 0.3) is 5.91 Å². The van der Waals surface area contributed by atoms with Gasteiger partial charge in [-0.3, -0.25) is 14.2 Å². The molecule has 2 fully saturated rings. The number of carbonyl (C=O) groups is 1. The lowest BCUT2D eigenvalue weighted by Gasteiger charge is -2.39. The second-order valence-corrected chi connectivity index (χ2v) is 7.96. The van der Waals surface area contributed by atoms with Crippen LogP contribution >= 0.6 is 0 Å². The minimum Gasteiger partial charge on any atom is -0.337 e. The summed E-state index contributed by atoms with van der Waals surface area (Å²) in [4.78, 5) is 15.2. The van der Waals surface area contributed by atoms with Crippen LogP contribution in [0.4, 0.5) is 0 Å². The Balaban J connectivity index is 1.62. The highest BCUT2D eigenvalue weighted by atomic mass is 16.2. The fraction of sp³-hybridized carbons (Fsp3) is 0.632. The van der Waals surface area contributed by atoms with Crippen molar-refractivity contribution in [2.45, 2.75) is 33.1 Å². The average molecular weight is 356 g/mol. The van der Waals surface area contributed by atoms with Gasteiger partial charge in [-0.25, -0.2) is 0 Å². The maximum Gasteiger partial charge on any atom is 0.272 e. The molecule has 2 aliphatic rings. The number of rotatable bonds is 2. The highest BCUT2D eigenvalue weighted by Gasteiger charge is 2.40. The van der Waals surface area contributed by atoms with Crippen LogP contribution in [0, 0.1) is 19.3 Å². The molecule has 2 aliphatic heterocycles. The predicted octanol–water partition coefficient (Wildman–Crippen LogP) is 1.65. The average Bonchev–Trinajstić information content (AvgIpc) is 3.27. The van der Waals surface area contributed by atoms with Gasteiger partial charge in [0, 0.05) is 50.4 Å². The van der Waals surface area contributed by atoms with E-state index in [2.05, 4.69) is 15.5 Å². The van der Waals surface area contributed by atoms with E-state index in [9.17, 15) is 4.79 Å². The van der Waals surface area contributed by atoms with Gasteiger partial charge in [0.1, 0.15) is 5.69 Å². The number of carbonyl (C=O) groups excluding carboxylic acids is 1. The van der Waals surface area contributed by atoms with Gasteiger partial charge in [0.15, 0.2) is 0 Å². The molecule has 2 aromatic rings. The number of aromatic nitrogens is 4. The van der Waals surface area contributed by atoms with Crippen molar-refractivity contribution < 1.29 is 4.79 Å². The maximum atomic E-state index is 13.2. The molecule has 4 heterocycles. The second kappa shape index (κ2) is 6.23. The predicted molar refractivity (Wildman–Crippen MR) is 99.9 cm³/mol. The Labute approximate surface area is 154 Å². The lowest BCUT2D eigenvalue weighted by atomic mass is 9.79. The van der Waals surface area contributed by atoms with E-state index in [-0.39, 0.29) is 11.3 Å². The zero-order chi connectivity index (χ0) is 18.5. The number of nitrogens with zero attached hydrogens (tertiary/aromatic N) is 5. The fourth-order valence-electron chi connectivity index (χ4n) is 4.62. The number of likely N-dealkylation sites (tertiary alicyclic amines) is 1. The van der Waals surface area contributed by atoms with Gasteiger partial charge < -0.3 is 10.2 Å². The van der Waals surface area contributed by atoms with Gasteiger partial charge in [-0.1, -0.05) is 0 Å². The summed E-state index contributed by atoms with van der Waals surface area (Å²) in [7, 11) is 3.79. The van der Waals surface area contributed by atoms with Crippen molar-refractivity contribution >= 4 is 5.91 Å². The van der Waals surface area contributed by atoms with E-state index in [1.807, 2.05) is 43.6 Å². The molecule has 26 heavy (non-hydrogen) atoms. The Kier molecular flexibility index (Phi) is 4.14. The standard InChI is InChI=1S/C19H28N6O/c1-13-17(14(2)23(3)21-13)15-10-16(24(4)22-15)18(26)25-9-5-6-19(12-25)7-8-20-11-19/h10,20H,5-9,11-12H2,1-4H3. The van der Waals surface area contributed by atoms with Gasteiger partial charge in [-0.05, 0) is 45.7 Å². The SMILES string of the molecule is Cc1nn(C)c(C)c1-c1cc(C(=O)N2CCCC3(CCNC3)C2)n(C)n1. The number of amides is 1. The van der Waals surface area contributed by atoms with Crippen LogP contribution < -0.4 is 5.32 Å². The van der Waals surface area contributed by atoms with Crippen LogP contribution in [0.2, 0.25) is 0 Å². The maximum absolute atomic E-state index is 13.2. The topological polar surface area (TPSA) is 68.0 Å². The van der Waals surface area contributed by atoms with E-state index < -0.39 is 0 Å². The molecule has 4 rings (SSSR count).